The van der Waals surface area contributed by atoms with Crippen molar-refractivity contribution in [3.63, 3.8) is 0 Å². The first-order chi connectivity index (χ1) is 9.78. The molecule has 0 saturated carbocycles. The molecule has 0 radical (unpaired) electrons. The van der Waals surface area contributed by atoms with Gasteiger partial charge in [-0.15, -0.1) is 0 Å². The van der Waals surface area contributed by atoms with E-state index in [-0.39, 0.29) is 0 Å². The molecule has 6 nitrogen and oxygen atoms in total. The Morgan fingerprint density at radius 1 is 1.45 bits per heavy atom. The summed E-state index contributed by atoms with van der Waals surface area (Å²) in [6.45, 7) is 1.82. The van der Waals surface area contributed by atoms with Crippen LogP contribution in [0.25, 0.3) is 5.65 Å². The molecule has 2 aromatic rings. The van der Waals surface area contributed by atoms with Crippen molar-refractivity contribution in [1.82, 2.24) is 19.3 Å². The Labute approximate surface area is 118 Å². The number of imidazole rings is 1. The molecule has 1 N–H and O–H groups in total. The quantitative estimate of drug-likeness (QED) is 0.919. The van der Waals surface area contributed by atoms with Crippen LogP contribution in [0.2, 0.25) is 0 Å². The van der Waals surface area contributed by atoms with Crippen molar-refractivity contribution < 1.29 is 4.74 Å². The van der Waals surface area contributed by atoms with Crippen LogP contribution in [0, 0.1) is 0 Å². The Morgan fingerprint density at radius 2 is 2.35 bits per heavy atom. The zero-order valence-corrected chi connectivity index (χ0v) is 12.0. The smallest absolute Gasteiger partial charge is 0.260 e. The number of likely N-dealkylation sites (N-methyl/N-ethyl adjacent to an activating group) is 1. The fourth-order valence-electron chi connectivity index (χ4n) is 2.65. The van der Waals surface area contributed by atoms with E-state index in [4.69, 9.17) is 4.74 Å². The summed E-state index contributed by atoms with van der Waals surface area (Å²) >= 11 is 0. The van der Waals surface area contributed by atoms with Crippen LogP contribution in [0.3, 0.4) is 0 Å². The predicted molar refractivity (Wildman–Crippen MR) is 78.3 cm³/mol. The van der Waals surface area contributed by atoms with Crippen molar-refractivity contribution in [2.45, 2.75) is 25.3 Å². The summed E-state index contributed by atoms with van der Waals surface area (Å²) in [4.78, 5) is 11.1. The largest absolute Gasteiger partial charge is 0.473 e. The van der Waals surface area contributed by atoms with Gasteiger partial charge >= 0.3 is 0 Å². The van der Waals surface area contributed by atoms with Gasteiger partial charge in [0.15, 0.2) is 0 Å². The molecule has 3 rings (SSSR count). The van der Waals surface area contributed by atoms with Crippen LogP contribution < -0.4 is 10.1 Å². The first-order valence-electron chi connectivity index (χ1n) is 7.12. The molecule has 108 valence electrons. The van der Waals surface area contributed by atoms with Gasteiger partial charge in [-0.2, -0.15) is 4.98 Å². The lowest BCUT2D eigenvalue weighted by Gasteiger charge is -2.31. The number of rotatable bonds is 4. The monoisotopic (exact) mass is 275 g/mol. The lowest BCUT2D eigenvalue weighted by Crippen LogP contribution is -2.40. The number of aromatic nitrogens is 3. The Hall–Kier alpha value is -1.82. The van der Waals surface area contributed by atoms with Crippen molar-refractivity contribution in [2.24, 2.45) is 0 Å². The zero-order valence-electron chi connectivity index (χ0n) is 12.0. The molecular formula is C14H21N5O. The summed E-state index contributed by atoms with van der Waals surface area (Å²) < 4.78 is 7.88. The first-order valence-corrected chi connectivity index (χ1v) is 7.12. The van der Waals surface area contributed by atoms with Gasteiger partial charge in [-0.25, -0.2) is 4.98 Å². The molecule has 0 aliphatic carbocycles. The second-order valence-electron chi connectivity index (χ2n) is 5.28. The van der Waals surface area contributed by atoms with E-state index >= 15 is 0 Å². The summed E-state index contributed by atoms with van der Waals surface area (Å²) in [5.41, 5.74) is 0.766. The van der Waals surface area contributed by atoms with E-state index in [9.17, 15) is 0 Å². The van der Waals surface area contributed by atoms with Gasteiger partial charge in [0.25, 0.3) is 5.88 Å². The molecule has 0 bridgehead atoms. The lowest BCUT2D eigenvalue weighted by atomic mass is 10.0. The molecule has 0 spiro atoms. The maximum atomic E-state index is 5.95. The molecule has 1 unspecified atom stereocenters. The minimum absolute atomic E-state index is 0.471. The second-order valence-corrected chi connectivity index (χ2v) is 5.28. The van der Waals surface area contributed by atoms with Crippen LogP contribution in [0.15, 0.2) is 18.6 Å². The summed E-state index contributed by atoms with van der Waals surface area (Å²) in [7, 11) is 4.01. The number of fused-ring (bicyclic) bond motifs is 1. The molecule has 1 aliphatic rings. The summed E-state index contributed by atoms with van der Waals surface area (Å²) in [6.07, 6.45) is 9.31. The third kappa shape index (κ3) is 2.56. The Morgan fingerprint density at radius 3 is 3.15 bits per heavy atom. The van der Waals surface area contributed by atoms with Crippen LogP contribution in [0.5, 0.6) is 5.88 Å². The highest BCUT2D eigenvalue weighted by atomic mass is 16.5. The maximum absolute atomic E-state index is 5.95. The molecule has 1 atom stereocenters. The molecule has 20 heavy (non-hydrogen) atoms. The van der Waals surface area contributed by atoms with E-state index in [2.05, 4.69) is 27.2 Å². The molecule has 6 heteroatoms. The number of nitrogens with zero attached hydrogens (tertiary/aromatic N) is 4. The zero-order chi connectivity index (χ0) is 13.9. The minimum Gasteiger partial charge on any atom is -0.473 e. The van der Waals surface area contributed by atoms with Gasteiger partial charge in [0.05, 0.1) is 6.20 Å². The Bertz CT molecular complexity index is 582. The highest BCUT2D eigenvalue weighted by Crippen LogP contribution is 2.21. The van der Waals surface area contributed by atoms with Crippen LogP contribution in [0.1, 0.15) is 19.3 Å². The summed E-state index contributed by atoms with van der Waals surface area (Å²) in [5.74, 6) is 1.38. The van der Waals surface area contributed by atoms with Crippen LogP contribution in [-0.2, 0) is 0 Å². The number of nitrogens with one attached hydrogen (secondary N) is 1. The number of likely N-dealkylation sites (tertiary alicyclic amines) is 1. The molecule has 3 heterocycles. The lowest BCUT2D eigenvalue weighted by molar-refractivity contribution is 0.123. The van der Waals surface area contributed by atoms with Gasteiger partial charge < -0.3 is 15.0 Å². The highest BCUT2D eigenvalue weighted by molar-refractivity contribution is 5.53. The average Bonchev–Trinajstić information content (AvgIpc) is 2.94. The minimum atomic E-state index is 0.471. The fraction of sp³-hybridized carbons (Fsp3) is 0.571. The molecule has 1 aliphatic heterocycles. The molecule has 1 saturated heterocycles. The highest BCUT2D eigenvalue weighted by Gasteiger charge is 2.20. The van der Waals surface area contributed by atoms with E-state index in [0.29, 0.717) is 18.5 Å². The van der Waals surface area contributed by atoms with Gasteiger partial charge in [0.2, 0.25) is 5.65 Å². The summed E-state index contributed by atoms with van der Waals surface area (Å²) in [6, 6.07) is 0.471. The van der Waals surface area contributed by atoms with E-state index in [1.54, 1.807) is 6.20 Å². The van der Waals surface area contributed by atoms with Crippen LogP contribution >= 0.6 is 0 Å². The van der Waals surface area contributed by atoms with E-state index < -0.39 is 0 Å². The van der Waals surface area contributed by atoms with Gasteiger partial charge in [0.1, 0.15) is 12.4 Å². The maximum Gasteiger partial charge on any atom is 0.260 e. The molecular weight excluding hydrogens is 254 g/mol. The van der Waals surface area contributed by atoms with Crippen LogP contribution in [-0.4, -0.2) is 52.6 Å². The van der Waals surface area contributed by atoms with E-state index in [1.807, 2.05) is 23.8 Å². The van der Waals surface area contributed by atoms with Crippen molar-refractivity contribution in [1.29, 1.82) is 0 Å². The molecule has 0 aromatic carbocycles. The predicted octanol–water partition coefficient (Wildman–Crippen LogP) is 1.63. The number of hydrogen-bond acceptors (Lipinski definition) is 5. The van der Waals surface area contributed by atoms with Gasteiger partial charge in [-0.3, -0.25) is 4.40 Å². The number of ether oxygens (including phenoxy) is 1. The van der Waals surface area contributed by atoms with E-state index in [1.165, 1.54) is 19.3 Å². The van der Waals surface area contributed by atoms with Crippen molar-refractivity contribution >= 4 is 11.5 Å². The van der Waals surface area contributed by atoms with Crippen molar-refractivity contribution in [2.75, 3.05) is 32.6 Å². The average molecular weight is 275 g/mol. The van der Waals surface area contributed by atoms with Crippen molar-refractivity contribution in [3.05, 3.63) is 18.6 Å². The third-order valence-corrected chi connectivity index (χ3v) is 3.93. The first kappa shape index (κ1) is 13.2. The Balaban J connectivity index is 1.77. The molecule has 0 amide bonds. The second kappa shape index (κ2) is 5.66. The normalized spacial score (nSPS) is 20.2. The third-order valence-electron chi connectivity index (χ3n) is 3.93. The number of piperidine rings is 1. The topological polar surface area (TPSA) is 54.7 Å². The fourth-order valence-corrected chi connectivity index (χ4v) is 2.65. The molecule has 2 aromatic heterocycles. The van der Waals surface area contributed by atoms with Gasteiger partial charge in [-0.1, -0.05) is 6.42 Å². The Kier molecular flexibility index (Phi) is 3.73. The van der Waals surface area contributed by atoms with Crippen LogP contribution in [0.4, 0.5) is 5.82 Å². The van der Waals surface area contributed by atoms with Crippen molar-refractivity contribution in [3.8, 4) is 5.88 Å². The van der Waals surface area contributed by atoms with Gasteiger partial charge in [-0.05, 0) is 26.4 Å². The SMILES string of the molecule is CNc1cn2ccnc2c(OCC2CCCCN2C)n1. The summed E-state index contributed by atoms with van der Waals surface area (Å²) in [5, 5.41) is 3.05. The van der Waals surface area contributed by atoms with Gasteiger partial charge in [0, 0.05) is 25.5 Å². The number of hydrogen-bond donors (Lipinski definition) is 1. The number of anilines is 1. The van der Waals surface area contributed by atoms with E-state index in [0.717, 1.165) is 18.0 Å². The standard InChI is InChI=1S/C14H21N5O/c1-15-12-9-19-8-6-16-13(19)14(17-12)20-10-11-5-3-4-7-18(11)2/h6,8-9,11,15H,3-5,7,10H2,1-2H3. The molecule has 1 fully saturated rings.